The molecule has 100 valence electrons. The van der Waals surface area contributed by atoms with Crippen LogP contribution in [0.15, 0.2) is 36.5 Å². The van der Waals surface area contributed by atoms with Crippen LogP contribution in [-0.4, -0.2) is 28.3 Å². The Morgan fingerprint density at radius 3 is 3.00 bits per heavy atom. The van der Waals surface area contributed by atoms with E-state index in [1.54, 1.807) is 0 Å². The van der Waals surface area contributed by atoms with Gasteiger partial charge in [0.1, 0.15) is 5.75 Å². The van der Waals surface area contributed by atoms with Gasteiger partial charge in [-0.15, -0.1) is 0 Å². The summed E-state index contributed by atoms with van der Waals surface area (Å²) in [6.45, 7) is 1.69. The minimum atomic E-state index is 0.417. The van der Waals surface area contributed by atoms with Crippen LogP contribution in [0.1, 0.15) is 23.7 Å². The van der Waals surface area contributed by atoms with Gasteiger partial charge in [0.2, 0.25) is 0 Å². The van der Waals surface area contributed by atoms with Crippen LogP contribution in [0.2, 0.25) is 0 Å². The molecule has 2 heterocycles. The van der Waals surface area contributed by atoms with E-state index in [-0.39, 0.29) is 0 Å². The number of hydrogen-bond acceptors (Lipinski definition) is 3. The maximum absolute atomic E-state index is 5.72. The van der Waals surface area contributed by atoms with Gasteiger partial charge in [0.05, 0.1) is 12.3 Å². The lowest BCUT2D eigenvalue weighted by molar-refractivity contribution is 0.158. The number of para-hydroxylation sites is 1. The smallest absolute Gasteiger partial charge is 0.124 e. The van der Waals surface area contributed by atoms with Crippen molar-refractivity contribution in [3.8, 4) is 5.75 Å². The molecule has 0 aliphatic carbocycles. The van der Waals surface area contributed by atoms with Crippen LogP contribution in [0.5, 0.6) is 5.75 Å². The van der Waals surface area contributed by atoms with E-state index < -0.39 is 0 Å². The molecule has 0 radical (unpaired) electrons. The highest BCUT2D eigenvalue weighted by atomic mass is 16.5. The largest absolute Gasteiger partial charge is 0.493 e. The molecule has 1 aromatic heterocycles. The normalized spacial score (nSPS) is 18.2. The van der Waals surface area contributed by atoms with Crippen molar-refractivity contribution in [1.82, 2.24) is 14.7 Å². The van der Waals surface area contributed by atoms with Gasteiger partial charge in [-0.1, -0.05) is 18.2 Å². The molecule has 1 aromatic carbocycles. The van der Waals surface area contributed by atoms with E-state index in [4.69, 9.17) is 4.74 Å². The lowest BCUT2D eigenvalue weighted by atomic mass is 9.99. The van der Waals surface area contributed by atoms with E-state index >= 15 is 0 Å². The number of nitrogens with zero attached hydrogens (tertiary/aromatic N) is 3. The summed E-state index contributed by atoms with van der Waals surface area (Å²) in [4.78, 5) is 2.37. The van der Waals surface area contributed by atoms with Crippen molar-refractivity contribution in [3.05, 3.63) is 47.8 Å². The minimum Gasteiger partial charge on any atom is -0.493 e. The van der Waals surface area contributed by atoms with Gasteiger partial charge in [0.25, 0.3) is 0 Å². The van der Waals surface area contributed by atoms with E-state index in [0.29, 0.717) is 6.04 Å². The number of ether oxygens (including phenoxy) is 1. The van der Waals surface area contributed by atoms with Crippen LogP contribution >= 0.6 is 0 Å². The summed E-state index contributed by atoms with van der Waals surface area (Å²) in [5.74, 6) is 1.02. The Morgan fingerprint density at radius 1 is 1.37 bits per heavy atom. The first kappa shape index (κ1) is 12.2. The zero-order chi connectivity index (χ0) is 13.2. The van der Waals surface area contributed by atoms with Crippen LogP contribution in [0.25, 0.3) is 0 Å². The fourth-order valence-corrected chi connectivity index (χ4v) is 2.70. The van der Waals surface area contributed by atoms with E-state index in [1.807, 2.05) is 24.0 Å². The molecular formula is C15H19N3O. The molecule has 0 N–H and O–H groups in total. The standard InChI is InChI=1S/C15H19N3O/c1-17(11-12-7-9-16-18(12)2)14-8-10-19-15-6-4-3-5-13(14)15/h3-7,9,14H,8,10-11H2,1-2H3. The summed E-state index contributed by atoms with van der Waals surface area (Å²) in [7, 11) is 4.15. The lowest BCUT2D eigenvalue weighted by Gasteiger charge is -2.33. The Balaban J connectivity index is 1.81. The number of fused-ring (bicyclic) bond motifs is 1. The van der Waals surface area contributed by atoms with Crippen molar-refractivity contribution in [1.29, 1.82) is 0 Å². The molecule has 1 atom stereocenters. The molecule has 4 heteroatoms. The van der Waals surface area contributed by atoms with Gasteiger partial charge in [0, 0.05) is 37.8 Å². The highest BCUT2D eigenvalue weighted by Gasteiger charge is 2.24. The number of hydrogen-bond donors (Lipinski definition) is 0. The number of rotatable bonds is 3. The lowest BCUT2D eigenvalue weighted by Crippen LogP contribution is -2.29. The molecule has 2 aromatic rings. The van der Waals surface area contributed by atoms with Gasteiger partial charge in [-0.25, -0.2) is 0 Å². The summed E-state index contributed by atoms with van der Waals surface area (Å²) in [5, 5.41) is 4.22. The summed E-state index contributed by atoms with van der Waals surface area (Å²) in [5.41, 5.74) is 2.52. The molecule has 3 rings (SSSR count). The first-order valence-electron chi connectivity index (χ1n) is 6.64. The topological polar surface area (TPSA) is 30.3 Å². The maximum atomic E-state index is 5.72. The number of aryl methyl sites for hydroxylation is 1. The summed E-state index contributed by atoms with van der Waals surface area (Å²) in [6, 6.07) is 10.8. The van der Waals surface area contributed by atoms with Gasteiger partial charge in [-0.2, -0.15) is 5.10 Å². The third-order valence-corrected chi connectivity index (χ3v) is 3.79. The SMILES string of the molecule is CN(Cc1ccnn1C)C1CCOc2ccccc21. The van der Waals surface area contributed by atoms with Crippen molar-refractivity contribution in [3.63, 3.8) is 0 Å². The first-order chi connectivity index (χ1) is 9.25. The highest BCUT2D eigenvalue weighted by molar-refractivity contribution is 5.37. The second kappa shape index (κ2) is 5.05. The van der Waals surface area contributed by atoms with Crippen LogP contribution in [0, 0.1) is 0 Å². The third kappa shape index (κ3) is 2.36. The van der Waals surface area contributed by atoms with E-state index in [1.165, 1.54) is 11.3 Å². The summed E-state index contributed by atoms with van der Waals surface area (Å²) >= 11 is 0. The molecule has 0 spiro atoms. The van der Waals surface area contributed by atoms with Crippen LogP contribution in [0.3, 0.4) is 0 Å². The maximum Gasteiger partial charge on any atom is 0.124 e. The van der Waals surface area contributed by atoms with E-state index in [9.17, 15) is 0 Å². The highest BCUT2D eigenvalue weighted by Crippen LogP contribution is 2.35. The second-order valence-electron chi connectivity index (χ2n) is 5.05. The molecule has 0 bridgehead atoms. The Morgan fingerprint density at radius 2 is 2.21 bits per heavy atom. The van der Waals surface area contributed by atoms with Gasteiger partial charge in [-0.05, 0) is 19.2 Å². The fourth-order valence-electron chi connectivity index (χ4n) is 2.70. The van der Waals surface area contributed by atoms with Gasteiger partial charge >= 0.3 is 0 Å². The monoisotopic (exact) mass is 257 g/mol. The Kier molecular flexibility index (Phi) is 3.25. The summed E-state index contributed by atoms with van der Waals surface area (Å²) < 4.78 is 7.65. The van der Waals surface area contributed by atoms with Gasteiger partial charge in [0.15, 0.2) is 0 Å². The van der Waals surface area contributed by atoms with E-state index in [0.717, 1.165) is 25.3 Å². The Hall–Kier alpha value is -1.81. The predicted molar refractivity (Wildman–Crippen MR) is 74.0 cm³/mol. The van der Waals surface area contributed by atoms with Crippen molar-refractivity contribution in [2.45, 2.75) is 19.0 Å². The van der Waals surface area contributed by atoms with E-state index in [2.05, 4.69) is 41.3 Å². The number of aromatic nitrogens is 2. The van der Waals surface area contributed by atoms with Crippen LogP contribution < -0.4 is 4.74 Å². The average Bonchev–Trinajstić information content (AvgIpc) is 2.83. The second-order valence-corrected chi connectivity index (χ2v) is 5.05. The zero-order valence-corrected chi connectivity index (χ0v) is 11.4. The molecule has 19 heavy (non-hydrogen) atoms. The van der Waals surface area contributed by atoms with Crippen LogP contribution in [-0.2, 0) is 13.6 Å². The Bertz CT molecular complexity index is 564. The molecule has 1 aliphatic heterocycles. The van der Waals surface area contributed by atoms with Crippen molar-refractivity contribution < 1.29 is 4.74 Å². The van der Waals surface area contributed by atoms with Crippen LogP contribution in [0.4, 0.5) is 0 Å². The van der Waals surface area contributed by atoms with Crippen molar-refractivity contribution in [2.75, 3.05) is 13.7 Å². The average molecular weight is 257 g/mol. The molecule has 4 nitrogen and oxygen atoms in total. The van der Waals surface area contributed by atoms with Gasteiger partial charge < -0.3 is 4.74 Å². The molecular weight excluding hydrogens is 238 g/mol. The first-order valence-corrected chi connectivity index (χ1v) is 6.64. The quantitative estimate of drug-likeness (QED) is 0.845. The molecule has 1 aliphatic rings. The van der Waals surface area contributed by atoms with Crippen molar-refractivity contribution >= 4 is 0 Å². The summed E-state index contributed by atoms with van der Waals surface area (Å²) in [6.07, 6.45) is 2.88. The van der Waals surface area contributed by atoms with Crippen molar-refractivity contribution in [2.24, 2.45) is 7.05 Å². The molecule has 0 saturated heterocycles. The molecule has 0 saturated carbocycles. The zero-order valence-electron chi connectivity index (χ0n) is 11.4. The molecule has 0 amide bonds. The fraction of sp³-hybridized carbons (Fsp3) is 0.400. The molecule has 0 fully saturated rings. The predicted octanol–water partition coefficient (Wildman–Crippen LogP) is 2.38. The Labute approximate surface area is 113 Å². The molecule has 1 unspecified atom stereocenters. The third-order valence-electron chi connectivity index (χ3n) is 3.79. The van der Waals surface area contributed by atoms with Gasteiger partial charge in [-0.3, -0.25) is 9.58 Å². The minimum absolute atomic E-state index is 0.417. The number of benzene rings is 1.